The Morgan fingerprint density at radius 2 is 1.95 bits per heavy atom. The van der Waals surface area contributed by atoms with Crippen molar-refractivity contribution in [2.75, 3.05) is 13.2 Å². The molecule has 0 unspecified atom stereocenters. The lowest BCUT2D eigenvalue weighted by Gasteiger charge is -2.21. The van der Waals surface area contributed by atoms with E-state index in [-0.39, 0.29) is 5.97 Å². The molecule has 1 aromatic heterocycles. The zero-order chi connectivity index (χ0) is 15.6. The van der Waals surface area contributed by atoms with Gasteiger partial charge in [-0.05, 0) is 37.6 Å². The summed E-state index contributed by atoms with van der Waals surface area (Å²) in [4.78, 5) is 13.7. The molecule has 22 heavy (non-hydrogen) atoms. The molecule has 2 aromatic rings. The molecule has 4 nitrogen and oxygen atoms in total. The third-order valence-electron chi connectivity index (χ3n) is 3.37. The van der Waals surface area contributed by atoms with Crippen LogP contribution in [-0.2, 0) is 22.6 Å². The maximum Gasteiger partial charge on any atom is 0.305 e. The second-order valence-electron chi connectivity index (χ2n) is 5.18. The van der Waals surface area contributed by atoms with Crippen molar-refractivity contribution in [2.45, 2.75) is 32.9 Å². The summed E-state index contributed by atoms with van der Waals surface area (Å²) in [6.45, 7) is 4.68. The first-order valence-corrected chi connectivity index (χ1v) is 7.72. The highest BCUT2D eigenvalue weighted by atomic mass is 16.5. The lowest BCUT2D eigenvalue weighted by atomic mass is 10.2. The summed E-state index contributed by atoms with van der Waals surface area (Å²) in [6, 6.07) is 14.2. The zero-order valence-corrected chi connectivity index (χ0v) is 13.0. The highest BCUT2D eigenvalue weighted by molar-refractivity contribution is 5.69. The van der Waals surface area contributed by atoms with E-state index in [2.05, 4.69) is 17.0 Å². The Morgan fingerprint density at radius 3 is 2.64 bits per heavy atom. The van der Waals surface area contributed by atoms with Crippen molar-refractivity contribution in [1.82, 2.24) is 4.90 Å². The van der Waals surface area contributed by atoms with Crippen LogP contribution in [-0.4, -0.2) is 24.0 Å². The van der Waals surface area contributed by atoms with Crippen LogP contribution >= 0.6 is 0 Å². The number of nitrogens with zero attached hydrogens (tertiary/aromatic N) is 1. The Balaban J connectivity index is 1.88. The summed E-state index contributed by atoms with van der Waals surface area (Å²) in [7, 11) is 0. The highest BCUT2D eigenvalue weighted by Gasteiger charge is 2.10. The topological polar surface area (TPSA) is 42.7 Å². The van der Waals surface area contributed by atoms with Crippen molar-refractivity contribution in [1.29, 1.82) is 0 Å². The Kier molecular flexibility index (Phi) is 6.71. The van der Waals surface area contributed by atoms with Crippen LogP contribution in [0.5, 0.6) is 0 Å². The number of hydrogen-bond donors (Lipinski definition) is 0. The average Bonchev–Trinajstić information content (AvgIpc) is 3.01. The molecule has 0 radical (unpaired) electrons. The van der Waals surface area contributed by atoms with E-state index in [1.165, 1.54) is 5.56 Å². The van der Waals surface area contributed by atoms with Crippen molar-refractivity contribution < 1.29 is 13.9 Å². The predicted molar refractivity (Wildman–Crippen MR) is 85.1 cm³/mol. The molecule has 1 heterocycles. The first-order valence-electron chi connectivity index (χ1n) is 7.72. The number of furan rings is 1. The normalized spacial score (nSPS) is 10.8. The molecule has 0 N–H and O–H groups in total. The summed E-state index contributed by atoms with van der Waals surface area (Å²) >= 11 is 0. The monoisotopic (exact) mass is 301 g/mol. The van der Waals surface area contributed by atoms with Gasteiger partial charge in [-0.15, -0.1) is 0 Å². The molecule has 0 spiro atoms. The van der Waals surface area contributed by atoms with Gasteiger partial charge in [0.1, 0.15) is 5.76 Å². The Labute approximate surface area is 131 Å². The Hall–Kier alpha value is -2.07. The van der Waals surface area contributed by atoms with Crippen molar-refractivity contribution in [3.05, 3.63) is 60.1 Å². The first-order chi connectivity index (χ1) is 10.8. The van der Waals surface area contributed by atoms with E-state index in [9.17, 15) is 4.79 Å². The Morgan fingerprint density at radius 1 is 1.14 bits per heavy atom. The Bertz CT molecular complexity index is 537. The molecular weight excluding hydrogens is 278 g/mol. The second kappa shape index (κ2) is 9.05. The van der Waals surface area contributed by atoms with Gasteiger partial charge in [-0.1, -0.05) is 30.3 Å². The van der Waals surface area contributed by atoms with Gasteiger partial charge < -0.3 is 9.15 Å². The first kappa shape index (κ1) is 16.3. The van der Waals surface area contributed by atoms with Crippen LogP contribution in [0.2, 0.25) is 0 Å². The van der Waals surface area contributed by atoms with Crippen LogP contribution < -0.4 is 0 Å². The quantitative estimate of drug-likeness (QED) is 0.663. The summed E-state index contributed by atoms with van der Waals surface area (Å²) in [5, 5.41) is 0. The van der Waals surface area contributed by atoms with Crippen LogP contribution in [0.25, 0.3) is 0 Å². The van der Waals surface area contributed by atoms with Gasteiger partial charge in [-0.3, -0.25) is 9.69 Å². The van der Waals surface area contributed by atoms with Gasteiger partial charge in [0.2, 0.25) is 0 Å². The zero-order valence-electron chi connectivity index (χ0n) is 13.0. The van der Waals surface area contributed by atoms with Crippen LogP contribution in [0.4, 0.5) is 0 Å². The lowest BCUT2D eigenvalue weighted by Crippen LogP contribution is -2.24. The van der Waals surface area contributed by atoms with Crippen molar-refractivity contribution in [2.24, 2.45) is 0 Å². The minimum Gasteiger partial charge on any atom is -0.468 e. The van der Waals surface area contributed by atoms with Crippen molar-refractivity contribution in [3.8, 4) is 0 Å². The molecule has 0 amide bonds. The van der Waals surface area contributed by atoms with E-state index in [4.69, 9.17) is 9.15 Å². The minimum absolute atomic E-state index is 0.125. The molecule has 0 aliphatic rings. The SMILES string of the molecule is CCOC(=O)CCCN(Cc1ccccc1)Cc1ccco1. The van der Waals surface area contributed by atoms with E-state index >= 15 is 0 Å². The van der Waals surface area contributed by atoms with E-state index < -0.39 is 0 Å². The fraction of sp³-hybridized carbons (Fsp3) is 0.389. The van der Waals surface area contributed by atoms with Gasteiger partial charge >= 0.3 is 5.97 Å². The molecule has 118 valence electrons. The molecule has 0 saturated heterocycles. The number of hydrogen-bond acceptors (Lipinski definition) is 4. The molecule has 0 aliphatic carbocycles. The highest BCUT2D eigenvalue weighted by Crippen LogP contribution is 2.11. The van der Waals surface area contributed by atoms with E-state index in [1.807, 2.05) is 37.3 Å². The van der Waals surface area contributed by atoms with Gasteiger partial charge in [-0.25, -0.2) is 0 Å². The van der Waals surface area contributed by atoms with Gasteiger partial charge in [0.15, 0.2) is 0 Å². The van der Waals surface area contributed by atoms with Crippen molar-refractivity contribution >= 4 is 5.97 Å². The van der Waals surface area contributed by atoms with Crippen LogP contribution in [0.1, 0.15) is 31.1 Å². The number of esters is 1. The second-order valence-corrected chi connectivity index (χ2v) is 5.18. The van der Waals surface area contributed by atoms with Gasteiger partial charge in [0.05, 0.1) is 19.4 Å². The van der Waals surface area contributed by atoms with Gasteiger partial charge in [0, 0.05) is 13.0 Å². The van der Waals surface area contributed by atoms with Crippen LogP contribution in [0.3, 0.4) is 0 Å². The van der Waals surface area contributed by atoms with Gasteiger partial charge in [-0.2, -0.15) is 0 Å². The fourth-order valence-corrected chi connectivity index (χ4v) is 2.36. The molecule has 1 aromatic carbocycles. The van der Waals surface area contributed by atoms with E-state index in [0.29, 0.717) is 13.0 Å². The smallest absolute Gasteiger partial charge is 0.305 e. The minimum atomic E-state index is -0.125. The lowest BCUT2D eigenvalue weighted by molar-refractivity contribution is -0.143. The summed E-state index contributed by atoms with van der Waals surface area (Å²) in [5.41, 5.74) is 1.25. The van der Waals surface area contributed by atoms with Crippen LogP contribution in [0.15, 0.2) is 53.1 Å². The molecule has 0 bridgehead atoms. The van der Waals surface area contributed by atoms with Crippen LogP contribution in [0, 0.1) is 0 Å². The molecule has 0 aliphatic heterocycles. The fourth-order valence-electron chi connectivity index (χ4n) is 2.36. The van der Waals surface area contributed by atoms with E-state index in [0.717, 1.165) is 31.8 Å². The molecule has 2 rings (SSSR count). The number of carbonyl (C=O) groups excluding carboxylic acids is 1. The van der Waals surface area contributed by atoms with Crippen molar-refractivity contribution in [3.63, 3.8) is 0 Å². The predicted octanol–water partition coefficient (Wildman–Crippen LogP) is 3.63. The average molecular weight is 301 g/mol. The molecule has 0 saturated carbocycles. The third kappa shape index (κ3) is 5.74. The number of ether oxygens (including phenoxy) is 1. The van der Waals surface area contributed by atoms with E-state index in [1.54, 1.807) is 6.26 Å². The molecular formula is C18H23NO3. The summed E-state index contributed by atoms with van der Waals surface area (Å²) in [5.74, 6) is 0.812. The standard InChI is InChI=1S/C18H23NO3/c1-2-21-18(20)11-6-12-19(15-17-10-7-13-22-17)14-16-8-4-3-5-9-16/h3-5,7-10,13H,2,6,11-12,14-15H2,1H3. The molecule has 4 heteroatoms. The summed E-state index contributed by atoms with van der Waals surface area (Å²) < 4.78 is 10.4. The molecule has 0 atom stereocenters. The number of carbonyl (C=O) groups is 1. The van der Waals surface area contributed by atoms with Gasteiger partial charge in [0.25, 0.3) is 0 Å². The number of benzene rings is 1. The third-order valence-corrected chi connectivity index (χ3v) is 3.37. The number of rotatable bonds is 9. The largest absolute Gasteiger partial charge is 0.468 e. The maximum absolute atomic E-state index is 11.4. The summed E-state index contributed by atoms with van der Waals surface area (Å²) in [6.07, 6.45) is 2.93. The maximum atomic E-state index is 11.4. The molecule has 0 fully saturated rings.